The Kier molecular flexibility index (Phi) is 4.83. The van der Waals surface area contributed by atoms with E-state index in [1.807, 2.05) is 0 Å². The Morgan fingerprint density at radius 3 is 2.23 bits per heavy atom. The van der Waals surface area contributed by atoms with Gasteiger partial charge in [-0.3, -0.25) is 0 Å². The lowest BCUT2D eigenvalue weighted by atomic mass is 9.73. The first-order valence-corrected chi connectivity index (χ1v) is 6.24. The molecule has 0 amide bonds. The quantitative estimate of drug-likeness (QED) is 0.561. The first-order chi connectivity index (χ1) is 6.24. The summed E-state index contributed by atoms with van der Waals surface area (Å²) in [4.78, 5) is 0. The van der Waals surface area contributed by atoms with E-state index in [4.69, 9.17) is 0 Å². The smallest absolute Gasteiger partial charge is 0.0386 e. The molecule has 1 aliphatic rings. The molecule has 0 aromatic heterocycles. The summed E-state index contributed by atoms with van der Waals surface area (Å²) < 4.78 is 0. The van der Waals surface area contributed by atoms with Gasteiger partial charge in [-0.25, -0.2) is 0 Å². The first-order valence-electron chi connectivity index (χ1n) is 6.24. The first kappa shape index (κ1) is 11.1. The van der Waals surface area contributed by atoms with Crippen LogP contribution in [-0.4, -0.2) is 0 Å². The van der Waals surface area contributed by atoms with Gasteiger partial charge in [0.1, 0.15) is 0 Å². The van der Waals surface area contributed by atoms with Crippen molar-refractivity contribution >= 4 is 0 Å². The SMILES string of the molecule is CCC(CCCC(C)C)C1CCC1. The number of hydrogen-bond acceptors (Lipinski definition) is 0. The molecule has 1 fully saturated rings. The molecule has 1 rings (SSSR count). The molecule has 0 nitrogen and oxygen atoms in total. The van der Waals surface area contributed by atoms with Crippen LogP contribution >= 0.6 is 0 Å². The Labute approximate surface area is 84.1 Å². The fourth-order valence-electron chi connectivity index (χ4n) is 2.47. The second kappa shape index (κ2) is 5.67. The molecule has 78 valence electrons. The topological polar surface area (TPSA) is 0 Å². The van der Waals surface area contributed by atoms with Gasteiger partial charge in [-0.1, -0.05) is 65.7 Å². The zero-order chi connectivity index (χ0) is 9.68. The molecule has 1 saturated carbocycles. The largest absolute Gasteiger partial charge is 0.0651 e. The van der Waals surface area contributed by atoms with E-state index in [1.165, 1.54) is 44.9 Å². The summed E-state index contributed by atoms with van der Waals surface area (Å²) in [6, 6.07) is 0. The van der Waals surface area contributed by atoms with Crippen molar-refractivity contribution in [3.8, 4) is 0 Å². The third-order valence-corrected chi connectivity index (χ3v) is 3.70. The molecule has 0 aromatic rings. The molecule has 1 aliphatic carbocycles. The summed E-state index contributed by atoms with van der Waals surface area (Å²) in [5.74, 6) is 3.07. The molecule has 0 spiro atoms. The summed E-state index contributed by atoms with van der Waals surface area (Å²) in [5.41, 5.74) is 0. The maximum Gasteiger partial charge on any atom is -0.0386 e. The lowest BCUT2D eigenvalue weighted by Crippen LogP contribution is -2.21. The van der Waals surface area contributed by atoms with Crippen LogP contribution in [0.15, 0.2) is 0 Å². The molecule has 0 N–H and O–H groups in total. The molecule has 13 heavy (non-hydrogen) atoms. The zero-order valence-corrected chi connectivity index (χ0v) is 9.68. The van der Waals surface area contributed by atoms with E-state index in [1.54, 1.807) is 0 Å². The van der Waals surface area contributed by atoms with Gasteiger partial charge in [-0.15, -0.1) is 0 Å². The Bertz CT molecular complexity index is 122. The number of rotatable bonds is 6. The van der Waals surface area contributed by atoms with Crippen molar-refractivity contribution in [2.45, 2.75) is 65.7 Å². The van der Waals surface area contributed by atoms with Crippen LogP contribution in [0.4, 0.5) is 0 Å². The van der Waals surface area contributed by atoms with Crippen molar-refractivity contribution in [3.05, 3.63) is 0 Å². The van der Waals surface area contributed by atoms with Crippen LogP contribution in [0.25, 0.3) is 0 Å². The lowest BCUT2D eigenvalue weighted by Gasteiger charge is -2.33. The molecule has 0 bridgehead atoms. The molecule has 0 heteroatoms. The van der Waals surface area contributed by atoms with Crippen molar-refractivity contribution in [1.29, 1.82) is 0 Å². The molecule has 0 saturated heterocycles. The molecular weight excluding hydrogens is 156 g/mol. The zero-order valence-electron chi connectivity index (χ0n) is 9.68. The summed E-state index contributed by atoms with van der Waals surface area (Å²) in [7, 11) is 0. The monoisotopic (exact) mass is 182 g/mol. The van der Waals surface area contributed by atoms with Crippen LogP contribution in [-0.2, 0) is 0 Å². The van der Waals surface area contributed by atoms with E-state index >= 15 is 0 Å². The van der Waals surface area contributed by atoms with E-state index in [2.05, 4.69) is 20.8 Å². The number of hydrogen-bond donors (Lipinski definition) is 0. The third-order valence-electron chi connectivity index (χ3n) is 3.70. The van der Waals surface area contributed by atoms with Crippen LogP contribution in [0.2, 0.25) is 0 Å². The normalized spacial score (nSPS) is 20.3. The molecule has 0 aromatic carbocycles. The highest BCUT2D eigenvalue weighted by Crippen LogP contribution is 2.37. The Hall–Kier alpha value is 0. The van der Waals surface area contributed by atoms with Crippen molar-refractivity contribution in [3.63, 3.8) is 0 Å². The van der Waals surface area contributed by atoms with Crippen LogP contribution in [0.3, 0.4) is 0 Å². The summed E-state index contributed by atoms with van der Waals surface area (Å²) >= 11 is 0. The Balaban J connectivity index is 2.08. The van der Waals surface area contributed by atoms with E-state index in [0.29, 0.717) is 0 Å². The van der Waals surface area contributed by atoms with Gasteiger partial charge in [-0.2, -0.15) is 0 Å². The van der Waals surface area contributed by atoms with Crippen molar-refractivity contribution < 1.29 is 0 Å². The van der Waals surface area contributed by atoms with Gasteiger partial charge in [0.2, 0.25) is 0 Å². The lowest BCUT2D eigenvalue weighted by molar-refractivity contribution is 0.185. The summed E-state index contributed by atoms with van der Waals surface area (Å²) in [5, 5.41) is 0. The van der Waals surface area contributed by atoms with Gasteiger partial charge in [0, 0.05) is 0 Å². The minimum Gasteiger partial charge on any atom is -0.0651 e. The summed E-state index contributed by atoms with van der Waals surface area (Å²) in [6.45, 7) is 7.05. The second-order valence-corrected chi connectivity index (χ2v) is 5.18. The van der Waals surface area contributed by atoms with Gasteiger partial charge >= 0.3 is 0 Å². The van der Waals surface area contributed by atoms with Crippen LogP contribution < -0.4 is 0 Å². The average Bonchev–Trinajstić information content (AvgIpc) is 1.98. The van der Waals surface area contributed by atoms with E-state index in [0.717, 1.165) is 17.8 Å². The maximum absolute atomic E-state index is 2.37. The van der Waals surface area contributed by atoms with Crippen LogP contribution in [0.5, 0.6) is 0 Å². The maximum atomic E-state index is 2.37. The van der Waals surface area contributed by atoms with Crippen LogP contribution in [0.1, 0.15) is 65.7 Å². The highest BCUT2D eigenvalue weighted by atomic mass is 14.3. The van der Waals surface area contributed by atoms with Crippen molar-refractivity contribution in [2.75, 3.05) is 0 Å². The van der Waals surface area contributed by atoms with Crippen molar-refractivity contribution in [1.82, 2.24) is 0 Å². The minimum atomic E-state index is 0.902. The Morgan fingerprint density at radius 1 is 1.15 bits per heavy atom. The van der Waals surface area contributed by atoms with Gasteiger partial charge in [0.05, 0.1) is 0 Å². The predicted octanol–water partition coefficient (Wildman–Crippen LogP) is 4.64. The highest BCUT2D eigenvalue weighted by Gasteiger charge is 2.25. The minimum absolute atomic E-state index is 0.902. The third kappa shape index (κ3) is 3.70. The molecule has 0 radical (unpaired) electrons. The average molecular weight is 182 g/mol. The predicted molar refractivity (Wildman–Crippen MR) is 59.8 cm³/mol. The second-order valence-electron chi connectivity index (χ2n) is 5.18. The van der Waals surface area contributed by atoms with E-state index < -0.39 is 0 Å². The van der Waals surface area contributed by atoms with Crippen molar-refractivity contribution in [2.24, 2.45) is 17.8 Å². The highest BCUT2D eigenvalue weighted by molar-refractivity contribution is 4.76. The van der Waals surface area contributed by atoms with Gasteiger partial charge < -0.3 is 0 Å². The molecule has 0 heterocycles. The van der Waals surface area contributed by atoms with Crippen LogP contribution in [0, 0.1) is 17.8 Å². The standard InChI is InChI=1S/C13H26/c1-4-12(13-9-6-10-13)8-5-7-11(2)3/h11-13H,4-10H2,1-3H3. The molecule has 0 aliphatic heterocycles. The van der Waals surface area contributed by atoms with E-state index in [-0.39, 0.29) is 0 Å². The van der Waals surface area contributed by atoms with Gasteiger partial charge in [0.25, 0.3) is 0 Å². The fourth-order valence-corrected chi connectivity index (χ4v) is 2.47. The summed E-state index contributed by atoms with van der Waals surface area (Å²) in [6.07, 6.45) is 10.4. The van der Waals surface area contributed by atoms with Gasteiger partial charge in [-0.05, 0) is 17.8 Å². The molecule has 1 unspecified atom stereocenters. The van der Waals surface area contributed by atoms with E-state index in [9.17, 15) is 0 Å². The fraction of sp³-hybridized carbons (Fsp3) is 1.00. The van der Waals surface area contributed by atoms with Gasteiger partial charge in [0.15, 0.2) is 0 Å². The Morgan fingerprint density at radius 2 is 1.85 bits per heavy atom. The molecule has 1 atom stereocenters. The molecular formula is C13H26.